The predicted molar refractivity (Wildman–Crippen MR) is 62.3 cm³/mol. The van der Waals surface area contributed by atoms with Gasteiger partial charge in [0.05, 0.1) is 25.1 Å². The van der Waals surface area contributed by atoms with Crippen LogP contribution in [0.15, 0.2) is 6.20 Å². The molecule has 0 fully saturated rings. The molecule has 0 aliphatic heterocycles. The second-order valence-corrected chi connectivity index (χ2v) is 5.66. The minimum absolute atomic E-state index is 0.333. The number of H-pyrrole nitrogens is 1. The molecule has 0 aromatic carbocycles. The van der Waals surface area contributed by atoms with E-state index >= 15 is 0 Å². The third-order valence-corrected chi connectivity index (χ3v) is 4.71. The van der Waals surface area contributed by atoms with Crippen molar-refractivity contribution in [3.63, 3.8) is 0 Å². The van der Waals surface area contributed by atoms with Gasteiger partial charge in [-0.05, 0) is 20.8 Å². The second-order valence-electron chi connectivity index (χ2n) is 3.29. The van der Waals surface area contributed by atoms with Crippen LogP contribution in [-0.4, -0.2) is 23.4 Å². The van der Waals surface area contributed by atoms with Crippen LogP contribution < -0.4 is 5.73 Å². The number of nitrogens with two attached hydrogens (primary N) is 1. The number of hydrogen-bond acceptors (Lipinski definition) is 5. The zero-order valence-electron chi connectivity index (χ0n) is 9.77. The number of aromatic amines is 1. The number of aromatic nitrogens is 2. The van der Waals surface area contributed by atoms with Gasteiger partial charge in [0, 0.05) is 5.56 Å². The first-order valence-corrected chi connectivity index (χ1v) is 6.83. The van der Waals surface area contributed by atoms with Crippen LogP contribution in [0.4, 0.5) is 5.82 Å². The molecule has 1 unspecified atom stereocenters. The molecule has 92 valence electrons. The zero-order chi connectivity index (χ0) is 12.2. The van der Waals surface area contributed by atoms with Crippen LogP contribution in [0, 0.1) is 0 Å². The minimum Gasteiger partial charge on any atom is -0.384 e. The number of anilines is 1. The fourth-order valence-corrected chi connectivity index (χ4v) is 3.22. The topological polar surface area (TPSA) is 90.2 Å². The van der Waals surface area contributed by atoms with Crippen molar-refractivity contribution in [2.75, 3.05) is 18.9 Å². The smallest absolute Gasteiger partial charge is 0.337 e. The lowest BCUT2D eigenvalue weighted by molar-refractivity contribution is 0.213. The van der Waals surface area contributed by atoms with Crippen LogP contribution >= 0.6 is 7.60 Å². The van der Waals surface area contributed by atoms with E-state index in [0.29, 0.717) is 24.6 Å². The summed E-state index contributed by atoms with van der Waals surface area (Å²) in [5.74, 6) is 0.395. The molecule has 1 aromatic rings. The number of nitrogens with one attached hydrogen (secondary N) is 1. The van der Waals surface area contributed by atoms with Crippen LogP contribution in [-0.2, 0) is 13.6 Å². The highest BCUT2D eigenvalue weighted by Gasteiger charge is 2.34. The first-order chi connectivity index (χ1) is 7.55. The molecular formula is C9H18N3O3P. The van der Waals surface area contributed by atoms with Crippen molar-refractivity contribution in [1.29, 1.82) is 0 Å². The summed E-state index contributed by atoms with van der Waals surface area (Å²) in [5, 5.41) is 6.40. The van der Waals surface area contributed by atoms with Crippen LogP contribution in [0.5, 0.6) is 0 Å². The number of hydrogen-bond donors (Lipinski definition) is 2. The normalized spacial score (nSPS) is 13.9. The van der Waals surface area contributed by atoms with Gasteiger partial charge in [0.1, 0.15) is 5.82 Å². The van der Waals surface area contributed by atoms with E-state index in [9.17, 15) is 4.57 Å². The van der Waals surface area contributed by atoms with Gasteiger partial charge in [-0.2, -0.15) is 5.10 Å². The zero-order valence-corrected chi connectivity index (χ0v) is 10.7. The molecule has 0 radical (unpaired) electrons. The standard InChI is InChI=1S/C9H18N3O3P/c1-4-14-16(13,15-5-2)7(3)8-6-11-12-9(8)10/h6-7H,4-5H2,1-3H3,(H3,10,11,12). The Hall–Kier alpha value is -0.840. The third-order valence-electron chi connectivity index (χ3n) is 2.24. The van der Waals surface area contributed by atoms with E-state index in [0.717, 1.165) is 0 Å². The molecule has 3 N–H and O–H groups in total. The molecule has 0 aliphatic rings. The first-order valence-electron chi connectivity index (χ1n) is 5.22. The summed E-state index contributed by atoms with van der Waals surface area (Å²) in [5.41, 5.74) is 5.91. The van der Waals surface area contributed by atoms with Crippen LogP contribution in [0.3, 0.4) is 0 Å². The Kier molecular flexibility index (Phi) is 4.53. The maximum Gasteiger partial charge on any atom is 0.337 e. The van der Waals surface area contributed by atoms with Crippen molar-refractivity contribution < 1.29 is 13.6 Å². The van der Waals surface area contributed by atoms with Gasteiger partial charge in [0.15, 0.2) is 0 Å². The number of nitrogen functional groups attached to an aromatic ring is 1. The molecular weight excluding hydrogens is 229 g/mol. The molecule has 1 heterocycles. The Balaban J connectivity index is 2.95. The van der Waals surface area contributed by atoms with Gasteiger partial charge in [0.25, 0.3) is 0 Å². The van der Waals surface area contributed by atoms with Gasteiger partial charge in [-0.25, -0.2) is 0 Å². The van der Waals surface area contributed by atoms with Gasteiger partial charge in [0.2, 0.25) is 0 Å². The van der Waals surface area contributed by atoms with Crippen LogP contribution in [0.1, 0.15) is 32.0 Å². The van der Waals surface area contributed by atoms with Gasteiger partial charge in [-0.1, -0.05) is 0 Å². The minimum atomic E-state index is -3.17. The van der Waals surface area contributed by atoms with E-state index in [1.54, 1.807) is 27.0 Å². The van der Waals surface area contributed by atoms with Crippen molar-refractivity contribution in [1.82, 2.24) is 10.2 Å². The summed E-state index contributed by atoms with van der Waals surface area (Å²) in [4.78, 5) is 0. The summed E-state index contributed by atoms with van der Waals surface area (Å²) in [6.45, 7) is 5.97. The van der Waals surface area contributed by atoms with Crippen molar-refractivity contribution >= 4 is 13.4 Å². The lowest BCUT2D eigenvalue weighted by atomic mass is 10.2. The second kappa shape index (κ2) is 5.48. The molecule has 7 heteroatoms. The molecule has 1 atom stereocenters. The fraction of sp³-hybridized carbons (Fsp3) is 0.667. The first kappa shape index (κ1) is 13.2. The molecule has 0 bridgehead atoms. The highest BCUT2D eigenvalue weighted by molar-refractivity contribution is 7.54. The summed E-state index contributed by atoms with van der Waals surface area (Å²) >= 11 is 0. The molecule has 0 spiro atoms. The Morgan fingerprint density at radius 3 is 2.44 bits per heavy atom. The summed E-state index contributed by atoms with van der Waals surface area (Å²) in [7, 11) is -3.17. The van der Waals surface area contributed by atoms with Crippen molar-refractivity contribution in [3.8, 4) is 0 Å². The Bertz CT molecular complexity index is 370. The number of rotatable bonds is 6. The highest BCUT2D eigenvalue weighted by atomic mass is 31.2. The third kappa shape index (κ3) is 2.64. The van der Waals surface area contributed by atoms with Crippen LogP contribution in [0.2, 0.25) is 0 Å². The van der Waals surface area contributed by atoms with E-state index in [2.05, 4.69) is 10.2 Å². The average molecular weight is 247 g/mol. The quantitative estimate of drug-likeness (QED) is 0.753. The molecule has 1 aromatic heterocycles. The van der Waals surface area contributed by atoms with Gasteiger partial charge in [-0.15, -0.1) is 0 Å². The van der Waals surface area contributed by atoms with E-state index in [1.807, 2.05) is 0 Å². The Labute approximate surface area is 95.0 Å². The maximum absolute atomic E-state index is 12.4. The SMILES string of the molecule is CCOP(=O)(OCC)C(C)c1cn[nH]c1N. The Morgan fingerprint density at radius 2 is 2.06 bits per heavy atom. The van der Waals surface area contributed by atoms with Gasteiger partial charge >= 0.3 is 7.60 Å². The highest BCUT2D eigenvalue weighted by Crippen LogP contribution is 2.61. The summed E-state index contributed by atoms with van der Waals surface area (Å²) in [6.07, 6.45) is 1.55. The van der Waals surface area contributed by atoms with Crippen LogP contribution in [0.25, 0.3) is 0 Å². The summed E-state index contributed by atoms with van der Waals surface area (Å²) in [6, 6.07) is 0. The molecule has 6 nitrogen and oxygen atoms in total. The maximum atomic E-state index is 12.4. The predicted octanol–water partition coefficient (Wildman–Crippen LogP) is 2.32. The molecule has 16 heavy (non-hydrogen) atoms. The molecule has 0 saturated heterocycles. The van der Waals surface area contributed by atoms with E-state index in [4.69, 9.17) is 14.8 Å². The van der Waals surface area contributed by atoms with Crippen molar-refractivity contribution in [2.45, 2.75) is 26.4 Å². The summed E-state index contributed by atoms with van der Waals surface area (Å²) < 4.78 is 22.9. The van der Waals surface area contributed by atoms with Crippen molar-refractivity contribution in [3.05, 3.63) is 11.8 Å². The monoisotopic (exact) mass is 247 g/mol. The number of nitrogens with zero attached hydrogens (tertiary/aromatic N) is 1. The van der Waals surface area contributed by atoms with E-state index in [-0.39, 0.29) is 0 Å². The van der Waals surface area contributed by atoms with Gasteiger partial charge in [-0.3, -0.25) is 9.66 Å². The Morgan fingerprint density at radius 1 is 1.50 bits per heavy atom. The molecule has 0 aliphatic carbocycles. The van der Waals surface area contributed by atoms with Gasteiger partial charge < -0.3 is 14.8 Å². The molecule has 0 amide bonds. The lowest BCUT2D eigenvalue weighted by Gasteiger charge is -2.22. The molecule has 0 saturated carbocycles. The van der Waals surface area contributed by atoms with E-state index < -0.39 is 13.3 Å². The molecule has 1 rings (SSSR count). The lowest BCUT2D eigenvalue weighted by Crippen LogP contribution is -2.05. The average Bonchev–Trinajstić information content (AvgIpc) is 2.64. The largest absolute Gasteiger partial charge is 0.384 e. The van der Waals surface area contributed by atoms with Crippen molar-refractivity contribution in [2.24, 2.45) is 0 Å². The van der Waals surface area contributed by atoms with E-state index in [1.165, 1.54) is 0 Å². The fourth-order valence-electron chi connectivity index (χ4n) is 1.43.